The van der Waals surface area contributed by atoms with E-state index in [1.54, 1.807) is 12.2 Å². The summed E-state index contributed by atoms with van der Waals surface area (Å²) in [5, 5.41) is 0. The van der Waals surface area contributed by atoms with Gasteiger partial charge in [0.2, 0.25) is 0 Å². The molecule has 3 heteroatoms. The third-order valence-corrected chi connectivity index (χ3v) is 6.13. The van der Waals surface area contributed by atoms with Gasteiger partial charge in [0, 0.05) is 8.95 Å². The van der Waals surface area contributed by atoms with Crippen LogP contribution in [0.15, 0.2) is 130 Å². The highest BCUT2D eigenvalue weighted by molar-refractivity contribution is 9.10. The number of carbonyl (C=O) groups is 1. The largest absolute Gasteiger partial charge is 0.290 e. The Morgan fingerprint density at radius 1 is 0.469 bits per heavy atom. The van der Waals surface area contributed by atoms with E-state index in [2.05, 4.69) is 129 Å². The maximum Gasteiger partial charge on any atom is 0.178 e. The number of ketones is 1. The van der Waals surface area contributed by atoms with Gasteiger partial charge in [-0.3, -0.25) is 4.79 Å². The lowest BCUT2D eigenvalue weighted by atomic mass is 9.88. The second-order valence-electron chi connectivity index (χ2n) is 7.23. The van der Waals surface area contributed by atoms with Crippen molar-refractivity contribution in [2.45, 2.75) is 0 Å². The molecule has 4 aromatic rings. The molecule has 0 saturated carbocycles. The smallest absolute Gasteiger partial charge is 0.178 e. The predicted molar refractivity (Wildman–Crippen MR) is 141 cm³/mol. The molecule has 0 amide bonds. The fourth-order valence-electron chi connectivity index (χ4n) is 3.56. The molecule has 0 N–H and O–H groups in total. The van der Waals surface area contributed by atoms with Crippen LogP contribution >= 0.6 is 31.9 Å². The van der Waals surface area contributed by atoms with Gasteiger partial charge in [0.05, 0.1) is 0 Å². The van der Waals surface area contributed by atoms with Gasteiger partial charge in [-0.25, -0.2) is 0 Å². The summed E-state index contributed by atoms with van der Waals surface area (Å²) in [6.07, 6.45) is 6.50. The van der Waals surface area contributed by atoms with Crippen molar-refractivity contribution in [2.75, 3.05) is 0 Å². The van der Waals surface area contributed by atoms with E-state index in [0.717, 1.165) is 8.95 Å². The van der Waals surface area contributed by atoms with Gasteiger partial charge in [-0.1, -0.05) is 117 Å². The Balaban J connectivity index is 0.000000354. The van der Waals surface area contributed by atoms with Crippen molar-refractivity contribution in [3.05, 3.63) is 130 Å². The van der Waals surface area contributed by atoms with Crippen LogP contribution in [0, 0.1) is 0 Å². The second-order valence-corrected chi connectivity index (χ2v) is 9.06. The average Bonchev–Trinajstić information content (AvgIpc) is 3.32. The summed E-state index contributed by atoms with van der Waals surface area (Å²) in [4.78, 5) is 10.1. The molecule has 32 heavy (non-hydrogen) atoms. The maximum atomic E-state index is 10.1. The minimum atomic E-state index is 0.0926. The van der Waals surface area contributed by atoms with Crippen LogP contribution in [-0.2, 0) is 4.79 Å². The van der Waals surface area contributed by atoms with Gasteiger partial charge in [-0.05, 0) is 69.8 Å². The average molecular weight is 544 g/mol. The van der Waals surface area contributed by atoms with Crippen LogP contribution in [0.1, 0.15) is 0 Å². The maximum absolute atomic E-state index is 10.1. The van der Waals surface area contributed by atoms with Gasteiger partial charge in [-0.15, -0.1) is 0 Å². The molecule has 0 fully saturated rings. The Morgan fingerprint density at radius 2 is 0.938 bits per heavy atom. The van der Waals surface area contributed by atoms with Crippen LogP contribution in [0.2, 0.25) is 0 Å². The first-order chi connectivity index (χ1) is 15.6. The lowest BCUT2D eigenvalue weighted by Crippen LogP contribution is -1.90. The zero-order valence-electron chi connectivity index (χ0n) is 17.2. The van der Waals surface area contributed by atoms with E-state index in [1.165, 1.54) is 45.5 Å². The summed E-state index contributed by atoms with van der Waals surface area (Å²) in [7, 11) is 0. The van der Waals surface area contributed by atoms with Crippen molar-refractivity contribution in [1.29, 1.82) is 0 Å². The molecule has 0 bridgehead atoms. The molecular weight excluding hydrogens is 524 g/mol. The molecule has 1 aliphatic rings. The zero-order valence-corrected chi connectivity index (χ0v) is 20.4. The van der Waals surface area contributed by atoms with E-state index in [1.807, 2.05) is 0 Å². The van der Waals surface area contributed by atoms with E-state index in [0.29, 0.717) is 0 Å². The summed E-state index contributed by atoms with van der Waals surface area (Å²) in [5.41, 5.74) is 7.39. The van der Waals surface area contributed by atoms with Crippen LogP contribution in [0.4, 0.5) is 0 Å². The van der Waals surface area contributed by atoms with Crippen molar-refractivity contribution in [3.8, 4) is 33.4 Å². The van der Waals surface area contributed by atoms with Crippen LogP contribution in [-0.4, -0.2) is 5.78 Å². The Labute approximate surface area is 205 Å². The minimum absolute atomic E-state index is 0.0926. The third-order valence-electron chi connectivity index (χ3n) is 5.07. The Morgan fingerprint density at radius 3 is 1.41 bits per heavy atom. The quantitative estimate of drug-likeness (QED) is 0.252. The highest BCUT2D eigenvalue weighted by Gasteiger charge is 2.13. The number of halogens is 2. The molecule has 0 spiro atoms. The molecule has 0 heterocycles. The standard InChI is InChI=1S/C24H16Br2.C5H4O/c25-20-13-9-18(10-14-20)23-8-4-7-22(17-5-2-1-3-6-17)24(23)19-11-15-21(26)16-12-19;6-5-3-1-2-4-5/h1-16H;1-4H. The Hall–Kier alpha value is -3.01. The number of allylic oxidation sites excluding steroid dienone is 4. The minimum Gasteiger partial charge on any atom is -0.290 e. The molecule has 0 unspecified atom stereocenters. The molecule has 0 radical (unpaired) electrons. The van der Waals surface area contributed by atoms with E-state index in [-0.39, 0.29) is 5.78 Å². The van der Waals surface area contributed by atoms with E-state index < -0.39 is 0 Å². The molecule has 5 rings (SSSR count). The molecule has 1 aliphatic carbocycles. The first-order valence-electron chi connectivity index (χ1n) is 10.2. The molecule has 0 saturated heterocycles. The fourth-order valence-corrected chi connectivity index (χ4v) is 4.09. The summed E-state index contributed by atoms with van der Waals surface area (Å²) in [5.74, 6) is 0.0926. The number of rotatable bonds is 3. The van der Waals surface area contributed by atoms with Crippen LogP contribution in [0.3, 0.4) is 0 Å². The normalized spacial score (nSPS) is 11.9. The molecule has 0 aliphatic heterocycles. The van der Waals surface area contributed by atoms with Crippen LogP contribution in [0.25, 0.3) is 33.4 Å². The van der Waals surface area contributed by atoms with Crippen LogP contribution < -0.4 is 0 Å². The third kappa shape index (κ3) is 5.42. The van der Waals surface area contributed by atoms with Crippen molar-refractivity contribution in [3.63, 3.8) is 0 Å². The van der Waals surface area contributed by atoms with Gasteiger partial charge in [0.25, 0.3) is 0 Å². The molecule has 156 valence electrons. The van der Waals surface area contributed by atoms with Crippen molar-refractivity contribution < 1.29 is 4.79 Å². The summed E-state index contributed by atoms with van der Waals surface area (Å²) < 4.78 is 2.18. The first-order valence-corrected chi connectivity index (χ1v) is 11.8. The molecule has 0 atom stereocenters. The summed E-state index contributed by atoms with van der Waals surface area (Å²) in [6.45, 7) is 0. The second kappa shape index (κ2) is 10.5. The number of benzene rings is 4. The van der Waals surface area contributed by atoms with Crippen molar-refractivity contribution in [2.24, 2.45) is 0 Å². The summed E-state index contributed by atoms with van der Waals surface area (Å²) >= 11 is 7.08. The van der Waals surface area contributed by atoms with Crippen molar-refractivity contribution in [1.82, 2.24) is 0 Å². The molecular formula is C29H20Br2O. The predicted octanol–water partition coefficient (Wildman–Crippen LogP) is 8.89. The SMILES string of the molecule is Brc1ccc(-c2cccc(-c3ccccc3)c2-c2ccc(Br)cc2)cc1.O=C1C=CC=C1. The van der Waals surface area contributed by atoms with Gasteiger partial charge in [0.15, 0.2) is 5.78 Å². The molecule has 1 nitrogen and oxygen atoms in total. The van der Waals surface area contributed by atoms with E-state index >= 15 is 0 Å². The zero-order chi connectivity index (χ0) is 22.3. The fraction of sp³-hybridized carbons (Fsp3) is 0. The topological polar surface area (TPSA) is 17.1 Å². The number of hydrogen-bond donors (Lipinski definition) is 0. The number of carbonyl (C=O) groups excluding carboxylic acids is 1. The van der Waals surface area contributed by atoms with Gasteiger partial charge in [-0.2, -0.15) is 0 Å². The Bertz CT molecular complexity index is 1260. The molecule has 4 aromatic carbocycles. The molecule has 0 aromatic heterocycles. The van der Waals surface area contributed by atoms with Gasteiger partial charge in [0.1, 0.15) is 0 Å². The van der Waals surface area contributed by atoms with E-state index in [9.17, 15) is 4.79 Å². The summed E-state index contributed by atoms with van der Waals surface area (Å²) in [6, 6.07) is 34.2. The number of hydrogen-bond acceptors (Lipinski definition) is 1. The van der Waals surface area contributed by atoms with Gasteiger partial charge >= 0.3 is 0 Å². The monoisotopic (exact) mass is 542 g/mol. The first kappa shape index (κ1) is 22.2. The highest BCUT2D eigenvalue weighted by Crippen LogP contribution is 2.40. The lowest BCUT2D eigenvalue weighted by Gasteiger charge is -2.16. The van der Waals surface area contributed by atoms with Crippen LogP contribution in [0.5, 0.6) is 0 Å². The van der Waals surface area contributed by atoms with Crippen molar-refractivity contribution >= 4 is 37.6 Å². The van der Waals surface area contributed by atoms with E-state index in [4.69, 9.17) is 0 Å². The van der Waals surface area contributed by atoms with Gasteiger partial charge < -0.3 is 0 Å². The Kier molecular flexibility index (Phi) is 7.31. The lowest BCUT2D eigenvalue weighted by molar-refractivity contribution is -0.110. The highest BCUT2D eigenvalue weighted by atomic mass is 79.9.